The van der Waals surface area contributed by atoms with Gasteiger partial charge in [-0.2, -0.15) is 0 Å². The summed E-state index contributed by atoms with van der Waals surface area (Å²) in [6.07, 6.45) is 6.31. The van der Waals surface area contributed by atoms with Gasteiger partial charge in [0, 0.05) is 16.5 Å². The molecular formula is C25H22F2N4O3. The Morgan fingerprint density at radius 2 is 1.74 bits per heavy atom. The summed E-state index contributed by atoms with van der Waals surface area (Å²) in [5.74, 6) is -0.250. The molecule has 2 aromatic carbocycles. The van der Waals surface area contributed by atoms with Crippen molar-refractivity contribution in [2.45, 2.75) is 44.1 Å². The summed E-state index contributed by atoms with van der Waals surface area (Å²) >= 11 is 0. The molecule has 2 aliphatic carbocycles. The molecule has 2 aliphatic rings. The molecule has 1 saturated carbocycles. The molecule has 7 nitrogen and oxygen atoms in total. The van der Waals surface area contributed by atoms with E-state index in [0.717, 1.165) is 54.4 Å². The summed E-state index contributed by atoms with van der Waals surface area (Å²) in [5, 5.41) is 15.2. The largest absolute Gasteiger partial charge is 0.483 e. The van der Waals surface area contributed by atoms with Crippen molar-refractivity contribution in [1.29, 1.82) is 0 Å². The molecule has 2 aromatic heterocycles. The van der Waals surface area contributed by atoms with Crippen molar-refractivity contribution in [2.24, 2.45) is 0 Å². The first-order valence-electron chi connectivity index (χ1n) is 11.1. The standard InChI is InChI=1S/C24H20F2N4O.CH2O2/c25-17-6-3-15(4-7-17)13-29-22(31)20-21(30-14-27-28-23(29)30)19-11-18(26)8-5-16(19)12-24(20)9-1-2-10-24;2-1-3/h3-8,11,14H,1-2,9-10,12-13H2;1H,(H,2,3). The van der Waals surface area contributed by atoms with Crippen molar-refractivity contribution in [2.75, 3.05) is 0 Å². The Balaban J connectivity index is 0.000000764. The van der Waals surface area contributed by atoms with Gasteiger partial charge in [-0.15, -0.1) is 10.2 Å². The zero-order valence-corrected chi connectivity index (χ0v) is 18.2. The minimum absolute atomic E-state index is 0.114. The van der Waals surface area contributed by atoms with E-state index in [-0.39, 0.29) is 35.6 Å². The molecular weight excluding hydrogens is 442 g/mol. The first kappa shape index (κ1) is 21.9. The molecule has 0 radical (unpaired) electrons. The van der Waals surface area contributed by atoms with Gasteiger partial charge in [-0.3, -0.25) is 18.6 Å². The second-order valence-electron chi connectivity index (χ2n) is 8.81. The fourth-order valence-electron chi connectivity index (χ4n) is 5.53. The number of aromatic nitrogens is 4. The lowest BCUT2D eigenvalue weighted by Gasteiger charge is -2.37. The number of rotatable bonds is 2. The van der Waals surface area contributed by atoms with Gasteiger partial charge in [0.1, 0.15) is 18.0 Å². The Bertz CT molecular complexity index is 1440. The van der Waals surface area contributed by atoms with Crippen LogP contribution in [0.1, 0.15) is 42.4 Å². The Hall–Kier alpha value is -3.88. The quantitative estimate of drug-likeness (QED) is 0.454. The second kappa shape index (κ2) is 8.48. The monoisotopic (exact) mass is 464 g/mol. The molecule has 1 spiro atoms. The highest BCUT2D eigenvalue weighted by Crippen LogP contribution is 2.50. The SMILES string of the molecule is O=CO.O=c1c2c(n3cnnc3n1Cc1ccc(F)cc1)-c1cc(F)ccc1CC21CCCC1. The molecule has 1 N–H and O–H groups in total. The van der Waals surface area contributed by atoms with Crippen LogP contribution in [0.2, 0.25) is 0 Å². The molecule has 0 aliphatic heterocycles. The van der Waals surface area contributed by atoms with Crippen molar-refractivity contribution in [3.05, 3.63) is 87.5 Å². The molecule has 0 bridgehead atoms. The maximum atomic E-state index is 14.2. The zero-order valence-electron chi connectivity index (χ0n) is 18.2. The van der Waals surface area contributed by atoms with Crippen LogP contribution >= 0.6 is 0 Å². The van der Waals surface area contributed by atoms with E-state index in [1.165, 1.54) is 24.3 Å². The van der Waals surface area contributed by atoms with Gasteiger partial charge in [0.2, 0.25) is 5.78 Å². The van der Waals surface area contributed by atoms with E-state index in [2.05, 4.69) is 10.2 Å². The summed E-state index contributed by atoms with van der Waals surface area (Å²) < 4.78 is 31.0. The number of halogens is 2. The van der Waals surface area contributed by atoms with Crippen molar-refractivity contribution in [3.8, 4) is 11.3 Å². The molecule has 34 heavy (non-hydrogen) atoms. The smallest absolute Gasteiger partial charge is 0.290 e. The Kier molecular flexibility index (Phi) is 5.47. The molecule has 2 heterocycles. The molecule has 174 valence electrons. The predicted molar refractivity (Wildman–Crippen MR) is 121 cm³/mol. The third-order valence-corrected chi connectivity index (χ3v) is 6.91. The highest BCUT2D eigenvalue weighted by Gasteiger charge is 2.45. The van der Waals surface area contributed by atoms with Gasteiger partial charge in [-0.05, 0) is 54.7 Å². The second-order valence-corrected chi connectivity index (χ2v) is 8.81. The number of carbonyl (C=O) groups is 1. The maximum Gasteiger partial charge on any atom is 0.290 e. The van der Waals surface area contributed by atoms with Crippen LogP contribution in [-0.2, 0) is 23.2 Å². The van der Waals surface area contributed by atoms with Gasteiger partial charge in [0.05, 0.1) is 12.2 Å². The lowest BCUT2D eigenvalue weighted by molar-refractivity contribution is -0.122. The fourth-order valence-corrected chi connectivity index (χ4v) is 5.53. The number of hydrogen-bond acceptors (Lipinski definition) is 4. The third-order valence-electron chi connectivity index (χ3n) is 6.91. The van der Waals surface area contributed by atoms with E-state index in [1.807, 2.05) is 10.5 Å². The van der Waals surface area contributed by atoms with Crippen LogP contribution in [0.3, 0.4) is 0 Å². The topological polar surface area (TPSA) is 89.5 Å². The maximum absolute atomic E-state index is 14.2. The molecule has 1 fully saturated rings. The molecule has 0 saturated heterocycles. The van der Waals surface area contributed by atoms with Gasteiger partial charge < -0.3 is 5.11 Å². The highest BCUT2D eigenvalue weighted by atomic mass is 19.1. The normalized spacial score (nSPS) is 15.5. The van der Waals surface area contributed by atoms with Crippen LogP contribution in [-0.4, -0.2) is 30.7 Å². The van der Waals surface area contributed by atoms with Crippen LogP contribution in [0.15, 0.2) is 53.6 Å². The van der Waals surface area contributed by atoms with E-state index < -0.39 is 0 Å². The minimum atomic E-state index is -0.330. The first-order chi connectivity index (χ1) is 16.5. The van der Waals surface area contributed by atoms with E-state index >= 15 is 0 Å². The van der Waals surface area contributed by atoms with Crippen LogP contribution in [0.25, 0.3) is 17.0 Å². The number of fused-ring (bicyclic) bond motifs is 6. The highest BCUT2D eigenvalue weighted by molar-refractivity contribution is 5.74. The number of carboxylic acid groups (broad SMARTS) is 1. The van der Waals surface area contributed by atoms with E-state index in [4.69, 9.17) is 9.90 Å². The Labute approximate surface area is 193 Å². The van der Waals surface area contributed by atoms with Crippen molar-refractivity contribution in [1.82, 2.24) is 19.2 Å². The van der Waals surface area contributed by atoms with Crippen LogP contribution in [0.4, 0.5) is 8.78 Å². The zero-order chi connectivity index (χ0) is 23.9. The van der Waals surface area contributed by atoms with Gasteiger partial charge in [-0.1, -0.05) is 31.0 Å². The van der Waals surface area contributed by atoms with Gasteiger partial charge in [-0.25, -0.2) is 8.78 Å². The van der Waals surface area contributed by atoms with Gasteiger partial charge in [0.15, 0.2) is 0 Å². The molecule has 0 unspecified atom stereocenters. The summed E-state index contributed by atoms with van der Waals surface area (Å²) in [4.78, 5) is 22.3. The van der Waals surface area contributed by atoms with E-state index in [1.54, 1.807) is 23.0 Å². The molecule has 9 heteroatoms. The molecule has 0 atom stereocenters. The number of hydrogen-bond donors (Lipinski definition) is 1. The minimum Gasteiger partial charge on any atom is -0.483 e. The fraction of sp³-hybridized carbons (Fsp3) is 0.280. The average molecular weight is 464 g/mol. The summed E-state index contributed by atoms with van der Waals surface area (Å²) in [6, 6.07) is 11.0. The van der Waals surface area contributed by atoms with Gasteiger partial charge in [0.25, 0.3) is 12.0 Å². The lowest BCUT2D eigenvalue weighted by atomic mass is 9.68. The first-order valence-corrected chi connectivity index (χ1v) is 11.1. The van der Waals surface area contributed by atoms with Crippen LogP contribution < -0.4 is 5.56 Å². The number of nitrogens with zero attached hydrogens (tertiary/aromatic N) is 4. The van der Waals surface area contributed by atoms with Crippen LogP contribution in [0.5, 0.6) is 0 Å². The number of benzene rings is 2. The van der Waals surface area contributed by atoms with Crippen molar-refractivity contribution >= 4 is 12.2 Å². The molecule has 0 amide bonds. The summed E-state index contributed by atoms with van der Waals surface area (Å²) in [7, 11) is 0. The lowest BCUT2D eigenvalue weighted by Crippen LogP contribution is -2.40. The third kappa shape index (κ3) is 3.48. The predicted octanol–water partition coefficient (Wildman–Crippen LogP) is 3.95. The van der Waals surface area contributed by atoms with Crippen molar-refractivity contribution in [3.63, 3.8) is 0 Å². The average Bonchev–Trinajstić information content (AvgIpc) is 3.49. The van der Waals surface area contributed by atoms with E-state index in [0.29, 0.717) is 11.5 Å². The van der Waals surface area contributed by atoms with Crippen LogP contribution in [0, 0.1) is 11.6 Å². The van der Waals surface area contributed by atoms with E-state index in [9.17, 15) is 13.6 Å². The Morgan fingerprint density at radius 3 is 2.44 bits per heavy atom. The summed E-state index contributed by atoms with van der Waals surface area (Å²) in [5.41, 5.74) is 3.67. The van der Waals surface area contributed by atoms with Gasteiger partial charge >= 0.3 is 0 Å². The molecule has 4 aromatic rings. The summed E-state index contributed by atoms with van der Waals surface area (Å²) in [6.45, 7) is 0.0146. The molecule has 6 rings (SSSR count). The van der Waals surface area contributed by atoms with Crippen molar-refractivity contribution < 1.29 is 18.7 Å². The Morgan fingerprint density at radius 1 is 1.06 bits per heavy atom.